The van der Waals surface area contributed by atoms with Gasteiger partial charge in [-0.05, 0) is 64.2 Å². The van der Waals surface area contributed by atoms with Gasteiger partial charge in [0.2, 0.25) is 0 Å². The van der Waals surface area contributed by atoms with Crippen LogP contribution < -0.4 is 5.73 Å². The van der Waals surface area contributed by atoms with Gasteiger partial charge in [0.1, 0.15) is 6.61 Å². The molecule has 312 valence electrons. The van der Waals surface area contributed by atoms with Gasteiger partial charge in [0, 0.05) is 19.4 Å². The topological polar surface area (TPSA) is 134 Å². The molecule has 2 atom stereocenters. The molecule has 0 rings (SSSR count). The molecule has 0 heterocycles. The first kappa shape index (κ1) is 51.5. The van der Waals surface area contributed by atoms with Crippen LogP contribution in [0, 0.1) is 0 Å². The van der Waals surface area contributed by atoms with E-state index in [0.29, 0.717) is 6.42 Å². The summed E-state index contributed by atoms with van der Waals surface area (Å²) in [5, 5.41) is 0. The van der Waals surface area contributed by atoms with Gasteiger partial charge in [-0.25, -0.2) is 4.57 Å². The molecule has 0 spiro atoms. The minimum absolute atomic E-state index is 0.0526. The molecule has 0 radical (unpaired) electrons. The van der Waals surface area contributed by atoms with Crippen molar-refractivity contribution in [3.05, 3.63) is 24.3 Å². The maximum Gasteiger partial charge on any atom is 0.472 e. The van der Waals surface area contributed by atoms with Crippen LogP contribution >= 0.6 is 7.82 Å². The zero-order chi connectivity index (χ0) is 38.9. The summed E-state index contributed by atoms with van der Waals surface area (Å²) in [6, 6.07) is 0. The van der Waals surface area contributed by atoms with Crippen LogP contribution in [0.25, 0.3) is 0 Å². The van der Waals surface area contributed by atoms with Crippen molar-refractivity contribution in [1.82, 2.24) is 0 Å². The predicted molar refractivity (Wildman–Crippen MR) is 220 cm³/mol. The van der Waals surface area contributed by atoms with Crippen LogP contribution in [0.15, 0.2) is 24.3 Å². The first-order chi connectivity index (χ1) is 25.8. The van der Waals surface area contributed by atoms with E-state index in [1.807, 2.05) is 0 Å². The van der Waals surface area contributed by atoms with Crippen molar-refractivity contribution in [2.24, 2.45) is 5.73 Å². The maximum absolute atomic E-state index is 12.6. The molecule has 0 aromatic carbocycles. The SMILES string of the molecule is CCCCCCCC/C=C/CCCCCCCCCC(=O)O[C@H](COC(=O)CCCCCCC/C=C/CCCCCCCC)COP(=O)(O)OCCN. The lowest BCUT2D eigenvalue weighted by Gasteiger charge is -2.19. The number of rotatable bonds is 41. The maximum atomic E-state index is 12.6. The molecule has 9 nitrogen and oxygen atoms in total. The fraction of sp³-hybridized carbons (Fsp3) is 0.860. The van der Waals surface area contributed by atoms with Crippen LogP contribution in [-0.2, 0) is 32.7 Å². The van der Waals surface area contributed by atoms with Crippen molar-refractivity contribution < 1.29 is 37.6 Å². The Morgan fingerprint density at radius 2 is 0.925 bits per heavy atom. The van der Waals surface area contributed by atoms with E-state index in [4.69, 9.17) is 24.3 Å². The average Bonchev–Trinajstić information content (AvgIpc) is 3.14. The summed E-state index contributed by atoms with van der Waals surface area (Å²) in [5.41, 5.74) is 5.34. The smallest absolute Gasteiger partial charge is 0.462 e. The molecule has 3 N–H and O–H groups in total. The van der Waals surface area contributed by atoms with E-state index in [-0.39, 0.29) is 38.6 Å². The summed E-state index contributed by atoms with van der Waals surface area (Å²) in [6.45, 7) is 3.72. The number of phosphoric ester groups is 1. The lowest BCUT2D eigenvalue weighted by molar-refractivity contribution is -0.161. The van der Waals surface area contributed by atoms with Crippen LogP contribution in [0.5, 0.6) is 0 Å². The summed E-state index contributed by atoms with van der Waals surface area (Å²) in [6.07, 6.45) is 42.0. The Balaban J connectivity index is 4.16. The first-order valence-corrected chi connectivity index (χ1v) is 23.3. The Morgan fingerprint density at radius 3 is 1.34 bits per heavy atom. The Labute approximate surface area is 325 Å². The van der Waals surface area contributed by atoms with E-state index >= 15 is 0 Å². The highest BCUT2D eigenvalue weighted by molar-refractivity contribution is 7.47. The summed E-state index contributed by atoms with van der Waals surface area (Å²) in [7, 11) is -4.38. The summed E-state index contributed by atoms with van der Waals surface area (Å²) in [4.78, 5) is 34.8. The van der Waals surface area contributed by atoms with Gasteiger partial charge < -0.3 is 20.1 Å². The van der Waals surface area contributed by atoms with Crippen LogP contribution in [0.2, 0.25) is 0 Å². The summed E-state index contributed by atoms with van der Waals surface area (Å²) in [5.74, 6) is -0.838. The van der Waals surface area contributed by atoms with Gasteiger partial charge in [-0.1, -0.05) is 154 Å². The molecule has 0 saturated heterocycles. The zero-order valence-electron chi connectivity index (χ0n) is 34.3. The van der Waals surface area contributed by atoms with Crippen molar-refractivity contribution in [3.63, 3.8) is 0 Å². The lowest BCUT2D eigenvalue weighted by Crippen LogP contribution is -2.29. The third-order valence-corrected chi connectivity index (χ3v) is 10.3. The number of unbranched alkanes of at least 4 members (excludes halogenated alkanes) is 24. The van der Waals surface area contributed by atoms with Crippen LogP contribution in [0.4, 0.5) is 0 Å². The van der Waals surface area contributed by atoms with Crippen molar-refractivity contribution in [2.75, 3.05) is 26.4 Å². The highest BCUT2D eigenvalue weighted by Crippen LogP contribution is 2.43. The van der Waals surface area contributed by atoms with Gasteiger partial charge in [0.25, 0.3) is 0 Å². The van der Waals surface area contributed by atoms with Crippen LogP contribution in [-0.4, -0.2) is 49.3 Å². The Kier molecular flexibility index (Phi) is 39.0. The number of carbonyl (C=O) groups excluding carboxylic acids is 2. The molecule has 0 aromatic heterocycles. The molecule has 10 heteroatoms. The molecule has 0 bridgehead atoms. The van der Waals surface area contributed by atoms with Crippen LogP contribution in [0.1, 0.15) is 206 Å². The third-order valence-electron chi connectivity index (χ3n) is 9.31. The molecule has 0 amide bonds. The molecule has 53 heavy (non-hydrogen) atoms. The Bertz CT molecular complexity index is 928. The molecule has 0 saturated carbocycles. The van der Waals surface area contributed by atoms with Gasteiger partial charge in [-0.3, -0.25) is 18.6 Å². The number of esters is 2. The van der Waals surface area contributed by atoms with Crippen molar-refractivity contribution in [3.8, 4) is 0 Å². The normalized spacial score (nSPS) is 13.5. The van der Waals surface area contributed by atoms with Crippen molar-refractivity contribution in [1.29, 1.82) is 0 Å². The monoisotopic (exact) mass is 772 g/mol. The molecule has 1 unspecified atom stereocenters. The van der Waals surface area contributed by atoms with Gasteiger partial charge in [-0.15, -0.1) is 0 Å². The highest BCUT2D eigenvalue weighted by atomic mass is 31.2. The third kappa shape index (κ3) is 40.0. The second-order valence-electron chi connectivity index (χ2n) is 14.6. The standard InChI is InChI=1S/C43H82NO8P/c1-3-5-7-9-11-13-15-17-19-20-22-24-26-28-30-32-34-36-43(46)52-41(40-51-53(47,48)50-38-37-44)39-49-42(45)35-33-31-29-27-25-23-21-18-16-14-12-10-8-6-4-2/h17-19,21,41H,3-16,20,22-40,44H2,1-2H3,(H,47,48)/b19-17+,21-18+/t41-/m1/s1. The Morgan fingerprint density at radius 1 is 0.547 bits per heavy atom. The highest BCUT2D eigenvalue weighted by Gasteiger charge is 2.26. The molecule has 0 aliphatic heterocycles. The van der Waals surface area contributed by atoms with Gasteiger partial charge in [0.05, 0.1) is 13.2 Å². The quantitative estimate of drug-likeness (QED) is 0.0269. The zero-order valence-corrected chi connectivity index (χ0v) is 35.2. The number of ether oxygens (including phenoxy) is 2. The van der Waals surface area contributed by atoms with E-state index in [9.17, 15) is 19.0 Å². The fourth-order valence-corrected chi connectivity index (χ4v) is 6.80. The molecular weight excluding hydrogens is 689 g/mol. The molecule has 0 aliphatic rings. The minimum atomic E-state index is -4.38. The molecular formula is C43H82NO8P. The summed E-state index contributed by atoms with van der Waals surface area (Å²) >= 11 is 0. The number of carbonyl (C=O) groups is 2. The summed E-state index contributed by atoms with van der Waals surface area (Å²) < 4.78 is 32.8. The van der Waals surface area contributed by atoms with Gasteiger partial charge in [0.15, 0.2) is 6.10 Å². The molecule has 0 aromatic rings. The second-order valence-corrected chi connectivity index (χ2v) is 16.0. The average molecular weight is 772 g/mol. The fourth-order valence-electron chi connectivity index (χ4n) is 6.04. The number of nitrogens with two attached hydrogens (primary N) is 1. The first-order valence-electron chi connectivity index (χ1n) is 21.8. The second kappa shape index (κ2) is 40.2. The van der Waals surface area contributed by atoms with E-state index in [1.165, 1.54) is 109 Å². The molecule has 0 fully saturated rings. The number of hydrogen-bond donors (Lipinski definition) is 2. The van der Waals surface area contributed by atoms with E-state index in [1.54, 1.807) is 0 Å². The molecule has 0 aliphatic carbocycles. The number of hydrogen-bond acceptors (Lipinski definition) is 8. The van der Waals surface area contributed by atoms with Crippen molar-refractivity contribution in [2.45, 2.75) is 213 Å². The minimum Gasteiger partial charge on any atom is -0.462 e. The van der Waals surface area contributed by atoms with E-state index in [0.717, 1.165) is 64.2 Å². The van der Waals surface area contributed by atoms with Gasteiger partial charge in [-0.2, -0.15) is 0 Å². The Hall–Kier alpha value is -1.51. The van der Waals surface area contributed by atoms with Gasteiger partial charge >= 0.3 is 19.8 Å². The van der Waals surface area contributed by atoms with Crippen molar-refractivity contribution >= 4 is 19.8 Å². The largest absolute Gasteiger partial charge is 0.472 e. The van der Waals surface area contributed by atoms with Crippen LogP contribution in [0.3, 0.4) is 0 Å². The van der Waals surface area contributed by atoms with E-state index < -0.39 is 26.5 Å². The van der Waals surface area contributed by atoms with E-state index in [2.05, 4.69) is 38.2 Å². The number of phosphoric acid groups is 1. The predicted octanol–water partition coefficient (Wildman–Crippen LogP) is 12.4. The lowest BCUT2D eigenvalue weighted by atomic mass is 10.1. The number of allylic oxidation sites excluding steroid dienone is 4.